The monoisotopic (exact) mass is 456 g/mol. The van der Waals surface area contributed by atoms with E-state index in [2.05, 4.69) is 26.0 Å². The molecule has 0 N–H and O–H groups in total. The van der Waals surface area contributed by atoms with Crippen LogP contribution in [0.15, 0.2) is 48.5 Å². The first-order valence-corrected chi connectivity index (χ1v) is 11.3. The Morgan fingerprint density at radius 1 is 0.788 bits per heavy atom. The molecule has 180 valence electrons. The van der Waals surface area contributed by atoms with Gasteiger partial charge in [-0.3, -0.25) is 4.79 Å². The molecule has 0 amide bonds. The van der Waals surface area contributed by atoms with E-state index in [1.54, 1.807) is 14.0 Å². The van der Waals surface area contributed by atoms with Gasteiger partial charge < -0.3 is 23.7 Å². The molecular formula is C27H36O6. The van der Waals surface area contributed by atoms with Crippen molar-refractivity contribution in [2.24, 2.45) is 0 Å². The first kappa shape index (κ1) is 26.4. The quantitative estimate of drug-likeness (QED) is 0.390. The van der Waals surface area contributed by atoms with Crippen LogP contribution in [0.2, 0.25) is 0 Å². The number of Topliss-reactive ketones (excluding diaryl/α,β-unsaturated/α-hetero) is 1. The van der Waals surface area contributed by atoms with Crippen molar-refractivity contribution in [2.75, 3.05) is 20.3 Å². The lowest BCUT2D eigenvalue weighted by Crippen LogP contribution is -2.22. The number of carbonyl (C=O) groups is 2. The molecule has 6 heteroatoms. The molecule has 2 unspecified atom stereocenters. The number of carbonyl (C=O) groups excluding carboxylic acids is 2. The largest absolute Gasteiger partial charge is 0.491 e. The molecule has 2 aromatic rings. The average molecular weight is 457 g/mol. The Labute approximate surface area is 197 Å². The third-order valence-corrected chi connectivity index (χ3v) is 5.54. The van der Waals surface area contributed by atoms with Crippen molar-refractivity contribution in [3.8, 4) is 11.5 Å². The average Bonchev–Trinajstić information content (AvgIpc) is 2.80. The molecule has 2 atom stereocenters. The summed E-state index contributed by atoms with van der Waals surface area (Å²) in [5.74, 6) is 1.11. The molecule has 33 heavy (non-hydrogen) atoms. The first-order valence-electron chi connectivity index (χ1n) is 11.3. The zero-order chi connectivity index (χ0) is 24.4. The van der Waals surface area contributed by atoms with E-state index in [0.717, 1.165) is 11.3 Å². The van der Waals surface area contributed by atoms with Crippen molar-refractivity contribution in [3.05, 3.63) is 59.7 Å². The van der Waals surface area contributed by atoms with Gasteiger partial charge in [-0.15, -0.1) is 0 Å². The lowest BCUT2D eigenvalue weighted by atomic mass is 9.78. The van der Waals surface area contributed by atoms with Gasteiger partial charge in [-0.2, -0.15) is 0 Å². The van der Waals surface area contributed by atoms with Crippen LogP contribution < -0.4 is 9.47 Å². The summed E-state index contributed by atoms with van der Waals surface area (Å²) in [6.07, 6.45) is -0.0493. The van der Waals surface area contributed by atoms with E-state index in [9.17, 15) is 9.59 Å². The van der Waals surface area contributed by atoms with Crippen LogP contribution in [-0.2, 0) is 24.5 Å². The van der Waals surface area contributed by atoms with Gasteiger partial charge in [0.15, 0.2) is 0 Å². The third kappa shape index (κ3) is 8.54. The number of rotatable bonds is 13. The maximum absolute atomic E-state index is 11.7. The highest BCUT2D eigenvalue weighted by molar-refractivity contribution is 5.81. The van der Waals surface area contributed by atoms with E-state index in [1.165, 1.54) is 12.5 Å². The highest BCUT2D eigenvalue weighted by atomic mass is 16.6. The second kappa shape index (κ2) is 12.4. The van der Waals surface area contributed by atoms with Crippen LogP contribution in [0.25, 0.3) is 0 Å². The summed E-state index contributed by atoms with van der Waals surface area (Å²) in [7, 11) is 1.67. The second-order valence-corrected chi connectivity index (χ2v) is 8.84. The minimum Gasteiger partial charge on any atom is -0.491 e. The number of ketones is 1. The standard InChI is InChI=1S/C27H36O6/c1-19(28)7-16-26(29)33-21(3)18-32-25-14-10-23(11-15-25)27(4,5)22-8-12-24(13-9-22)31-17-20(2)30-6/h8-15,20-21H,7,16-18H2,1-6H3. The smallest absolute Gasteiger partial charge is 0.306 e. The number of hydrogen-bond donors (Lipinski definition) is 0. The van der Waals surface area contributed by atoms with Gasteiger partial charge in [0.05, 0.1) is 12.5 Å². The van der Waals surface area contributed by atoms with Gasteiger partial charge in [0.1, 0.15) is 36.6 Å². The van der Waals surface area contributed by atoms with E-state index in [-0.39, 0.29) is 42.7 Å². The van der Waals surface area contributed by atoms with Crippen LogP contribution in [0.5, 0.6) is 11.5 Å². The van der Waals surface area contributed by atoms with Gasteiger partial charge in [0, 0.05) is 18.9 Å². The normalized spacial score (nSPS) is 13.2. The Morgan fingerprint density at radius 3 is 1.67 bits per heavy atom. The fourth-order valence-corrected chi connectivity index (χ4v) is 3.19. The molecule has 2 aromatic carbocycles. The molecule has 0 saturated heterocycles. The Bertz CT molecular complexity index is 886. The first-order chi connectivity index (χ1) is 15.6. The molecule has 6 nitrogen and oxygen atoms in total. The third-order valence-electron chi connectivity index (χ3n) is 5.54. The van der Waals surface area contributed by atoms with Crippen LogP contribution in [0.4, 0.5) is 0 Å². The van der Waals surface area contributed by atoms with Crippen LogP contribution >= 0.6 is 0 Å². The van der Waals surface area contributed by atoms with E-state index >= 15 is 0 Å². The number of hydrogen-bond acceptors (Lipinski definition) is 6. The molecule has 0 spiro atoms. The maximum Gasteiger partial charge on any atom is 0.306 e. The summed E-state index contributed by atoms with van der Waals surface area (Å²) in [5, 5.41) is 0. The molecule has 0 bridgehead atoms. The number of ether oxygens (including phenoxy) is 4. The van der Waals surface area contributed by atoms with E-state index in [1.807, 2.05) is 43.3 Å². The number of esters is 1. The lowest BCUT2D eigenvalue weighted by molar-refractivity contribution is -0.150. The minimum atomic E-state index is -0.395. The highest BCUT2D eigenvalue weighted by Crippen LogP contribution is 2.33. The Kier molecular flexibility index (Phi) is 9.92. The van der Waals surface area contributed by atoms with E-state index in [4.69, 9.17) is 18.9 Å². The Hall–Kier alpha value is -2.86. The molecule has 0 aromatic heterocycles. The van der Waals surface area contributed by atoms with Crippen LogP contribution in [-0.4, -0.2) is 44.3 Å². The lowest BCUT2D eigenvalue weighted by Gasteiger charge is -2.26. The summed E-state index contributed by atoms with van der Waals surface area (Å²) in [6.45, 7) is 10.3. The van der Waals surface area contributed by atoms with Crippen molar-refractivity contribution < 1.29 is 28.5 Å². The van der Waals surface area contributed by atoms with Crippen molar-refractivity contribution >= 4 is 11.8 Å². The molecule has 0 heterocycles. The zero-order valence-corrected chi connectivity index (χ0v) is 20.6. The van der Waals surface area contributed by atoms with Gasteiger partial charge in [0.25, 0.3) is 0 Å². The van der Waals surface area contributed by atoms with Crippen molar-refractivity contribution in [3.63, 3.8) is 0 Å². The van der Waals surface area contributed by atoms with Gasteiger partial charge in [-0.25, -0.2) is 0 Å². The molecular weight excluding hydrogens is 420 g/mol. The van der Waals surface area contributed by atoms with Gasteiger partial charge in [0.2, 0.25) is 0 Å². The summed E-state index contributed by atoms with van der Waals surface area (Å²) in [5.41, 5.74) is 2.13. The van der Waals surface area contributed by atoms with Gasteiger partial charge in [-0.1, -0.05) is 38.1 Å². The highest BCUT2D eigenvalue weighted by Gasteiger charge is 2.23. The summed E-state index contributed by atoms with van der Waals surface area (Å²) < 4.78 is 22.0. The van der Waals surface area contributed by atoms with Crippen molar-refractivity contribution in [2.45, 2.75) is 65.1 Å². The topological polar surface area (TPSA) is 71.1 Å². The van der Waals surface area contributed by atoms with Gasteiger partial charge in [-0.05, 0) is 56.2 Å². The SMILES string of the molecule is COC(C)COc1ccc(C(C)(C)c2ccc(OCC(C)OC(=O)CCC(C)=O)cc2)cc1. The fraction of sp³-hybridized carbons (Fsp3) is 0.481. The van der Waals surface area contributed by atoms with Crippen molar-refractivity contribution in [1.29, 1.82) is 0 Å². The minimum absolute atomic E-state index is 0.0279. The molecule has 0 aliphatic heterocycles. The number of methoxy groups -OCH3 is 1. The van der Waals surface area contributed by atoms with E-state index < -0.39 is 6.10 Å². The van der Waals surface area contributed by atoms with E-state index in [0.29, 0.717) is 12.4 Å². The molecule has 0 aliphatic rings. The Morgan fingerprint density at radius 2 is 1.24 bits per heavy atom. The molecule has 0 radical (unpaired) electrons. The summed E-state index contributed by atoms with van der Waals surface area (Å²) >= 11 is 0. The van der Waals surface area contributed by atoms with Crippen LogP contribution in [0, 0.1) is 0 Å². The van der Waals surface area contributed by atoms with Gasteiger partial charge >= 0.3 is 5.97 Å². The Balaban J connectivity index is 1.91. The predicted molar refractivity (Wildman–Crippen MR) is 128 cm³/mol. The van der Waals surface area contributed by atoms with Crippen LogP contribution in [0.3, 0.4) is 0 Å². The van der Waals surface area contributed by atoms with Crippen LogP contribution in [0.1, 0.15) is 58.6 Å². The second-order valence-electron chi connectivity index (χ2n) is 8.84. The summed E-state index contributed by atoms with van der Waals surface area (Å²) in [6, 6.07) is 16.1. The summed E-state index contributed by atoms with van der Waals surface area (Å²) in [4.78, 5) is 22.7. The molecule has 0 aliphatic carbocycles. The zero-order valence-electron chi connectivity index (χ0n) is 20.6. The molecule has 0 saturated carbocycles. The maximum atomic E-state index is 11.7. The fourth-order valence-electron chi connectivity index (χ4n) is 3.19. The number of benzene rings is 2. The molecule has 0 fully saturated rings. The molecule has 2 rings (SSSR count). The van der Waals surface area contributed by atoms with Crippen molar-refractivity contribution in [1.82, 2.24) is 0 Å². The predicted octanol–water partition coefficient (Wildman–Crippen LogP) is 5.11.